The summed E-state index contributed by atoms with van der Waals surface area (Å²) in [5.74, 6) is 1.21. The van der Waals surface area contributed by atoms with Crippen molar-refractivity contribution in [1.29, 1.82) is 0 Å². The minimum absolute atomic E-state index is 0.149. The van der Waals surface area contributed by atoms with Crippen molar-refractivity contribution in [3.8, 4) is 0 Å². The second-order valence-electron chi connectivity index (χ2n) is 3.42. The monoisotopic (exact) mass is 216 g/mol. The molecule has 0 aromatic heterocycles. The second kappa shape index (κ2) is 5.04. The highest BCUT2D eigenvalue weighted by atomic mass is 32.2. The molecule has 78 valence electrons. The van der Waals surface area contributed by atoms with Crippen molar-refractivity contribution in [3.05, 3.63) is 60.7 Å². The van der Waals surface area contributed by atoms with E-state index in [0.29, 0.717) is 0 Å². The van der Waals surface area contributed by atoms with Crippen LogP contribution in [0.2, 0.25) is 0 Å². The normalized spacial score (nSPS) is 11.1. The van der Waals surface area contributed by atoms with Crippen LogP contribution in [0.25, 0.3) is 0 Å². The van der Waals surface area contributed by atoms with E-state index in [4.69, 9.17) is 0 Å². The molecule has 0 fully saturated rings. The van der Waals surface area contributed by atoms with Crippen LogP contribution < -0.4 is 0 Å². The van der Waals surface area contributed by atoms with Crippen LogP contribution in [0.5, 0.6) is 0 Å². The molecule has 0 aliphatic rings. The molecule has 0 saturated heterocycles. The molecule has 15 heavy (non-hydrogen) atoms. The molecule has 0 bridgehead atoms. The molecular formula is C14H16S. The molecule has 0 nitrogen and oxygen atoms in total. The number of hydrogen-bond acceptors (Lipinski definition) is 0. The largest absolute Gasteiger partial charge is 0.200 e. The smallest absolute Gasteiger partial charge is 0.00856 e. The van der Waals surface area contributed by atoms with E-state index in [9.17, 15) is 0 Å². The molecule has 2 aromatic rings. The predicted octanol–water partition coefficient (Wildman–Crippen LogP) is 4.13. The van der Waals surface area contributed by atoms with Gasteiger partial charge in [0.2, 0.25) is 0 Å². The Morgan fingerprint density at radius 3 is 1.47 bits per heavy atom. The van der Waals surface area contributed by atoms with Gasteiger partial charge >= 0.3 is 0 Å². The first-order chi connectivity index (χ1) is 7.42. The SMILES string of the molecule is CC[SH](c1ccccc1)c1ccccc1. The molecule has 0 aliphatic carbocycles. The van der Waals surface area contributed by atoms with Crippen LogP contribution in [-0.2, 0) is 0 Å². The highest BCUT2D eigenvalue weighted by molar-refractivity contribution is 8.17. The minimum atomic E-state index is -0.149. The van der Waals surface area contributed by atoms with Crippen LogP contribution in [0.3, 0.4) is 0 Å². The highest BCUT2D eigenvalue weighted by Gasteiger charge is 2.05. The van der Waals surface area contributed by atoms with Crippen LogP contribution in [0.15, 0.2) is 70.5 Å². The van der Waals surface area contributed by atoms with E-state index in [2.05, 4.69) is 67.6 Å². The Hall–Kier alpha value is -1.21. The Bertz CT molecular complexity index is 355. The first-order valence-electron chi connectivity index (χ1n) is 5.29. The van der Waals surface area contributed by atoms with Crippen LogP contribution in [0.4, 0.5) is 0 Å². The third kappa shape index (κ3) is 2.42. The van der Waals surface area contributed by atoms with Gasteiger partial charge in [0, 0.05) is 0 Å². The summed E-state index contributed by atoms with van der Waals surface area (Å²) < 4.78 is 0. The van der Waals surface area contributed by atoms with Gasteiger partial charge in [-0.25, -0.2) is 10.9 Å². The molecule has 0 N–H and O–H groups in total. The predicted molar refractivity (Wildman–Crippen MR) is 68.9 cm³/mol. The van der Waals surface area contributed by atoms with Gasteiger partial charge in [-0.3, -0.25) is 0 Å². The summed E-state index contributed by atoms with van der Waals surface area (Å²) in [7, 11) is -0.149. The van der Waals surface area contributed by atoms with Gasteiger partial charge in [0.1, 0.15) is 0 Å². The van der Waals surface area contributed by atoms with Gasteiger partial charge in [-0.1, -0.05) is 67.6 Å². The van der Waals surface area contributed by atoms with Crippen molar-refractivity contribution in [2.45, 2.75) is 16.7 Å². The fraction of sp³-hybridized carbons (Fsp3) is 0.143. The lowest BCUT2D eigenvalue weighted by Crippen LogP contribution is -1.87. The van der Waals surface area contributed by atoms with Gasteiger partial charge in [-0.15, -0.1) is 0 Å². The second-order valence-corrected chi connectivity index (χ2v) is 5.94. The first-order valence-corrected chi connectivity index (χ1v) is 6.82. The molecule has 0 spiro atoms. The molecule has 1 heteroatoms. The van der Waals surface area contributed by atoms with Gasteiger partial charge < -0.3 is 0 Å². The van der Waals surface area contributed by atoms with E-state index >= 15 is 0 Å². The number of benzene rings is 2. The Balaban J connectivity index is 2.34. The van der Waals surface area contributed by atoms with Crippen molar-refractivity contribution < 1.29 is 0 Å². The average Bonchev–Trinajstić information content (AvgIpc) is 2.33. The Morgan fingerprint density at radius 1 is 0.733 bits per heavy atom. The number of thiol groups is 1. The fourth-order valence-corrected chi connectivity index (χ4v) is 3.82. The van der Waals surface area contributed by atoms with E-state index in [-0.39, 0.29) is 10.9 Å². The third-order valence-corrected chi connectivity index (χ3v) is 4.93. The molecule has 0 aliphatic heterocycles. The summed E-state index contributed by atoms with van der Waals surface area (Å²) in [5.41, 5.74) is 0. The summed E-state index contributed by atoms with van der Waals surface area (Å²) >= 11 is 0. The zero-order chi connectivity index (χ0) is 10.5. The summed E-state index contributed by atoms with van der Waals surface area (Å²) in [4.78, 5) is 2.95. The molecule has 0 amide bonds. The Kier molecular flexibility index (Phi) is 3.46. The number of rotatable bonds is 3. The summed E-state index contributed by atoms with van der Waals surface area (Å²) in [5, 5.41) is 0. The summed E-state index contributed by atoms with van der Waals surface area (Å²) in [6.07, 6.45) is 0. The lowest BCUT2D eigenvalue weighted by molar-refractivity contribution is 1.34. The molecule has 0 atom stereocenters. The topological polar surface area (TPSA) is 0 Å². The van der Waals surface area contributed by atoms with Crippen LogP contribution in [0, 0.1) is 0 Å². The molecule has 0 saturated carbocycles. The third-order valence-electron chi connectivity index (χ3n) is 2.45. The average molecular weight is 216 g/mol. The maximum absolute atomic E-state index is 2.27. The van der Waals surface area contributed by atoms with Crippen LogP contribution >= 0.6 is 10.9 Å². The molecule has 0 heterocycles. The molecular weight excluding hydrogens is 200 g/mol. The molecule has 0 unspecified atom stereocenters. The lowest BCUT2D eigenvalue weighted by Gasteiger charge is -2.20. The van der Waals surface area contributed by atoms with Gasteiger partial charge in [-0.05, 0) is 15.5 Å². The minimum Gasteiger partial charge on any atom is -0.200 e. The quantitative estimate of drug-likeness (QED) is 0.733. The van der Waals surface area contributed by atoms with Crippen molar-refractivity contribution in [2.24, 2.45) is 0 Å². The van der Waals surface area contributed by atoms with Gasteiger partial charge in [0.15, 0.2) is 0 Å². The molecule has 0 radical (unpaired) electrons. The Morgan fingerprint density at radius 2 is 1.13 bits per heavy atom. The van der Waals surface area contributed by atoms with E-state index in [0.717, 1.165) is 0 Å². The summed E-state index contributed by atoms with van der Waals surface area (Å²) in [6.45, 7) is 2.27. The van der Waals surface area contributed by atoms with Crippen molar-refractivity contribution in [3.63, 3.8) is 0 Å². The standard InChI is InChI=1S/C14H16S/c1-2-15(13-9-5-3-6-10-13)14-11-7-4-8-12-14/h3-12,15H,2H2,1H3. The van der Waals surface area contributed by atoms with Crippen LogP contribution in [0.1, 0.15) is 6.92 Å². The van der Waals surface area contributed by atoms with E-state index in [1.54, 1.807) is 0 Å². The summed E-state index contributed by atoms with van der Waals surface area (Å²) in [6, 6.07) is 21.6. The van der Waals surface area contributed by atoms with Crippen molar-refractivity contribution >= 4 is 10.9 Å². The Labute approximate surface area is 94.3 Å². The highest BCUT2D eigenvalue weighted by Crippen LogP contribution is 2.43. The van der Waals surface area contributed by atoms with Crippen molar-refractivity contribution in [1.82, 2.24) is 0 Å². The van der Waals surface area contributed by atoms with Gasteiger partial charge in [0.05, 0.1) is 0 Å². The molecule has 2 rings (SSSR count). The zero-order valence-electron chi connectivity index (χ0n) is 8.93. The van der Waals surface area contributed by atoms with E-state index < -0.39 is 0 Å². The van der Waals surface area contributed by atoms with E-state index in [1.165, 1.54) is 15.5 Å². The van der Waals surface area contributed by atoms with Crippen molar-refractivity contribution in [2.75, 3.05) is 5.75 Å². The molecule has 2 aromatic carbocycles. The number of hydrogen-bond donors (Lipinski definition) is 1. The van der Waals surface area contributed by atoms with Crippen LogP contribution in [-0.4, -0.2) is 5.75 Å². The fourth-order valence-electron chi connectivity index (χ4n) is 1.73. The maximum atomic E-state index is 2.27. The lowest BCUT2D eigenvalue weighted by atomic mass is 10.4. The maximum Gasteiger partial charge on any atom is -0.00856 e. The zero-order valence-corrected chi connectivity index (χ0v) is 9.82. The van der Waals surface area contributed by atoms with Gasteiger partial charge in [-0.2, -0.15) is 0 Å². The van der Waals surface area contributed by atoms with Gasteiger partial charge in [0.25, 0.3) is 0 Å². The van der Waals surface area contributed by atoms with E-state index in [1.807, 2.05) is 0 Å². The first kappa shape index (κ1) is 10.3.